The van der Waals surface area contributed by atoms with Crippen molar-refractivity contribution in [1.82, 2.24) is 5.32 Å². The molecule has 2 rings (SSSR count). The Bertz CT molecular complexity index is 619. The summed E-state index contributed by atoms with van der Waals surface area (Å²) in [5.74, 6) is -0.0319. The number of rotatable bonds is 5. The van der Waals surface area contributed by atoms with Crippen molar-refractivity contribution in [2.45, 2.75) is 37.6 Å². The van der Waals surface area contributed by atoms with Crippen LogP contribution in [0.1, 0.15) is 6.92 Å². The predicted octanol–water partition coefficient (Wildman–Crippen LogP) is -0.257. The van der Waals surface area contributed by atoms with E-state index < -0.39 is 43.2 Å². The van der Waals surface area contributed by atoms with Crippen LogP contribution >= 0.6 is 12.2 Å². The Morgan fingerprint density at radius 2 is 2.04 bits per heavy atom. The number of benzene rings is 1. The molecule has 1 aromatic rings. The van der Waals surface area contributed by atoms with Gasteiger partial charge in [0.15, 0.2) is 0 Å². The summed E-state index contributed by atoms with van der Waals surface area (Å²) in [5.41, 5.74) is 0.587. The minimum atomic E-state index is -1.36. The molecular weight excluding hydrogens is 336 g/mol. The highest BCUT2D eigenvalue weighted by atomic mass is 32.1. The number of nitrogens with zero attached hydrogens (tertiary/aromatic N) is 1. The molecule has 1 saturated heterocycles. The van der Waals surface area contributed by atoms with Crippen molar-refractivity contribution in [3.63, 3.8) is 0 Å². The second-order valence-corrected chi connectivity index (χ2v) is 5.43. The lowest BCUT2D eigenvalue weighted by atomic mass is 9.97. The molecule has 0 aliphatic carbocycles. The number of isothiocyanates is 1. The van der Waals surface area contributed by atoms with Gasteiger partial charge in [-0.15, -0.1) is 0 Å². The van der Waals surface area contributed by atoms with E-state index in [9.17, 15) is 20.1 Å². The Morgan fingerprint density at radius 1 is 1.38 bits per heavy atom. The number of nitrogens with one attached hydrogen (secondary N) is 1. The van der Waals surface area contributed by atoms with Crippen LogP contribution in [-0.4, -0.2) is 63.6 Å². The number of aliphatic imine (C=N–C) groups is 1. The van der Waals surface area contributed by atoms with Crippen LogP contribution in [0.15, 0.2) is 29.3 Å². The lowest BCUT2D eigenvalue weighted by Gasteiger charge is -2.42. The minimum absolute atomic E-state index is 0.388. The van der Waals surface area contributed by atoms with Gasteiger partial charge in [-0.25, -0.2) is 0 Å². The monoisotopic (exact) mass is 354 g/mol. The highest BCUT2D eigenvalue weighted by Gasteiger charge is 2.46. The Kier molecular flexibility index (Phi) is 6.38. The second-order valence-electron chi connectivity index (χ2n) is 5.25. The van der Waals surface area contributed by atoms with E-state index in [4.69, 9.17) is 9.47 Å². The fourth-order valence-electron chi connectivity index (χ4n) is 2.36. The van der Waals surface area contributed by atoms with Gasteiger partial charge in [-0.2, -0.15) is 4.99 Å². The smallest absolute Gasteiger partial charge is 0.223 e. The molecule has 0 unspecified atom stereocenters. The Balaban J connectivity index is 2.19. The Hall–Kier alpha value is -1.87. The summed E-state index contributed by atoms with van der Waals surface area (Å²) in [5, 5.41) is 34.1. The number of thiocarbonyl (C=S) groups is 1. The van der Waals surface area contributed by atoms with Gasteiger partial charge in [-0.05, 0) is 36.5 Å². The van der Waals surface area contributed by atoms with Crippen molar-refractivity contribution in [2.75, 3.05) is 6.61 Å². The number of hydrogen-bond donors (Lipinski definition) is 4. The Labute approximate surface area is 143 Å². The van der Waals surface area contributed by atoms with E-state index in [-0.39, 0.29) is 0 Å². The number of ether oxygens (including phenoxy) is 2. The van der Waals surface area contributed by atoms with Gasteiger partial charge in [0.05, 0.1) is 17.5 Å². The molecule has 8 nitrogen and oxygen atoms in total. The van der Waals surface area contributed by atoms with Gasteiger partial charge >= 0.3 is 0 Å². The number of aliphatic hydroxyl groups is 3. The van der Waals surface area contributed by atoms with Crippen LogP contribution in [0.4, 0.5) is 5.69 Å². The van der Waals surface area contributed by atoms with Crippen molar-refractivity contribution in [3.8, 4) is 5.75 Å². The summed E-state index contributed by atoms with van der Waals surface area (Å²) >= 11 is 4.52. The normalized spacial score (nSPS) is 29.4. The van der Waals surface area contributed by atoms with Gasteiger partial charge in [-0.3, -0.25) is 4.79 Å². The highest BCUT2D eigenvalue weighted by Crippen LogP contribution is 2.25. The zero-order chi connectivity index (χ0) is 17.7. The number of carbonyl (C=O) groups is 1. The predicted molar refractivity (Wildman–Crippen MR) is 87.1 cm³/mol. The molecule has 130 valence electrons. The zero-order valence-corrected chi connectivity index (χ0v) is 13.6. The second kappa shape index (κ2) is 8.29. The third kappa shape index (κ3) is 4.35. The van der Waals surface area contributed by atoms with Gasteiger partial charge < -0.3 is 30.1 Å². The summed E-state index contributed by atoms with van der Waals surface area (Å²) in [6, 6.07) is 5.48. The van der Waals surface area contributed by atoms with Gasteiger partial charge in [0.1, 0.15) is 30.1 Å². The van der Waals surface area contributed by atoms with Gasteiger partial charge in [0.2, 0.25) is 12.2 Å². The van der Waals surface area contributed by atoms with Gasteiger partial charge in [-0.1, -0.05) is 0 Å². The van der Waals surface area contributed by atoms with Crippen LogP contribution in [0.3, 0.4) is 0 Å². The van der Waals surface area contributed by atoms with Crippen molar-refractivity contribution < 1.29 is 29.6 Å². The van der Waals surface area contributed by atoms with E-state index in [1.165, 1.54) is 6.92 Å². The third-order valence-electron chi connectivity index (χ3n) is 3.51. The lowest BCUT2D eigenvalue weighted by Crippen LogP contribution is -2.65. The first-order valence-electron chi connectivity index (χ1n) is 7.20. The largest absolute Gasteiger partial charge is 0.463 e. The molecule has 0 bridgehead atoms. The average Bonchev–Trinajstić information content (AvgIpc) is 2.56. The molecule has 24 heavy (non-hydrogen) atoms. The molecule has 1 fully saturated rings. The van der Waals surface area contributed by atoms with Gasteiger partial charge in [0, 0.05) is 6.92 Å². The lowest BCUT2D eigenvalue weighted by molar-refractivity contribution is -0.244. The zero-order valence-electron chi connectivity index (χ0n) is 12.8. The Morgan fingerprint density at radius 3 is 2.58 bits per heavy atom. The summed E-state index contributed by atoms with van der Waals surface area (Å²) in [7, 11) is 0. The number of carbonyl (C=O) groups excluding carboxylic acids is 1. The molecule has 0 spiro atoms. The van der Waals surface area contributed by atoms with Crippen molar-refractivity contribution >= 4 is 29.0 Å². The van der Waals surface area contributed by atoms with Crippen molar-refractivity contribution in [2.24, 2.45) is 4.99 Å². The molecule has 1 heterocycles. The number of hydrogen-bond acceptors (Lipinski definition) is 8. The topological polar surface area (TPSA) is 121 Å². The molecule has 1 aromatic carbocycles. The van der Waals surface area contributed by atoms with Crippen molar-refractivity contribution in [1.29, 1.82) is 0 Å². The molecule has 1 aliphatic heterocycles. The van der Waals surface area contributed by atoms with Crippen molar-refractivity contribution in [3.05, 3.63) is 24.3 Å². The maximum absolute atomic E-state index is 11.3. The third-order valence-corrected chi connectivity index (χ3v) is 3.61. The molecule has 4 N–H and O–H groups in total. The summed E-state index contributed by atoms with van der Waals surface area (Å²) in [6.45, 7) is 0.763. The molecule has 1 amide bonds. The summed E-state index contributed by atoms with van der Waals surface area (Å²) in [6.07, 6.45) is -4.84. The van der Waals surface area contributed by atoms with Crippen LogP contribution in [0.25, 0.3) is 0 Å². The molecule has 0 aromatic heterocycles. The quantitative estimate of drug-likeness (QED) is 0.425. The van der Waals surface area contributed by atoms with Crippen LogP contribution < -0.4 is 10.1 Å². The molecular formula is C15H18N2O6S. The molecule has 1 aliphatic rings. The first-order valence-corrected chi connectivity index (χ1v) is 7.61. The molecule has 0 saturated carbocycles. The summed E-state index contributed by atoms with van der Waals surface area (Å²) < 4.78 is 11.1. The minimum Gasteiger partial charge on any atom is -0.463 e. The maximum Gasteiger partial charge on any atom is 0.223 e. The summed E-state index contributed by atoms with van der Waals surface area (Å²) in [4.78, 5) is 15.1. The van der Waals surface area contributed by atoms with Crippen LogP contribution in [-0.2, 0) is 9.53 Å². The fraction of sp³-hybridized carbons (Fsp3) is 0.467. The number of amides is 1. The maximum atomic E-state index is 11.3. The van der Waals surface area contributed by atoms with E-state index in [2.05, 4.69) is 27.7 Å². The van der Waals surface area contributed by atoms with E-state index in [0.717, 1.165) is 0 Å². The van der Waals surface area contributed by atoms with E-state index in [0.29, 0.717) is 11.4 Å². The van der Waals surface area contributed by atoms with E-state index in [1.807, 2.05) is 0 Å². The van der Waals surface area contributed by atoms with Crippen LogP contribution in [0.2, 0.25) is 0 Å². The molecule has 5 atom stereocenters. The van der Waals surface area contributed by atoms with E-state index in [1.54, 1.807) is 24.3 Å². The van der Waals surface area contributed by atoms with E-state index >= 15 is 0 Å². The first kappa shape index (κ1) is 18.5. The number of aliphatic hydroxyl groups excluding tert-OH is 3. The average molecular weight is 354 g/mol. The standard InChI is InChI=1S/C15H18N2O6S/c1-8(19)17-12-14(21)13(20)11(6-18)23-15(12)22-10-4-2-9(3-5-10)16-7-24/h2-5,11-15,18,20-21H,6H2,1H3,(H,17,19)/t11-,12-,13-,14-,15-/m1/s1. The molecule has 0 radical (unpaired) electrons. The highest BCUT2D eigenvalue weighted by molar-refractivity contribution is 7.78. The fourth-order valence-corrected chi connectivity index (χ4v) is 2.46. The SMILES string of the molecule is CC(=O)N[C@H]1[C@H](Oc2ccc(N=C=S)cc2)O[C@H](CO)[C@@H](O)[C@@H]1O. The van der Waals surface area contributed by atoms with Gasteiger partial charge in [0.25, 0.3) is 0 Å². The first-order chi connectivity index (χ1) is 11.5. The van der Waals surface area contributed by atoms with Crippen LogP contribution in [0.5, 0.6) is 5.75 Å². The van der Waals surface area contributed by atoms with Crippen LogP contribution in [0, 0.1) is 0 Å². The molecule has 9 heteroatoms.